The molecule has 18 heteroatoms. The number of amides is 2. The van der Waals surface area contributed by atoms with Crippen molar-refractivity contribution in [2.75, 3.05) is 62.2 Å². The number of benzene rings is 5. The van der Waals surface area contributed by atoms with Crippen molar-refractivity contribution in [2.24, 2.45) is 0 Å². The molecule has 0 spiro atoms. The van der Waals surface area contributed by atoms with Crippen LogP contribution in [0.25, 0.3) is 83.3 Å². The molecule has 9 aromatic rings. The Bertz CT molecular complexity index is 3760. The number of carbonyl (C=O) groups is 2. The number of halogens is 4. The number of hydrogen-bond acceptors (Lipinski definition) is 11. The maximum atomic E-state index is 15.4. The largest absolute Gasteiger partial charge is 0.507 e. The highest BCUT2D eigenvalue weighted by Gasteiger charge is 2.28. The normalized spacial score (nSPS) is 14.2. The number of hydrogen-bond donors (Lipinski definition) is 3. The molecule has 5 aromatic carbocycles. The summed E-state index contributed by atoms with van der Waals surface area (Å²) in [5, 5.41) is 44.4. The number of piperazine rings is 2. The highest BCUT2D eigenvalue weighted by molar-refractivity contribution is 6.35. The number of rotatable bonds is 9. The number of nitrogens with one attached hydrogen (secondary N) is 1. The molecule has 370 valence electrons. The quantitative estimate of drug-likeness (QED) is 0.118. The lowest BCUT2D eigenvalue weighted by Crippen LogP contribution is -2.48. The predicted molar refractivity (Wildman–Crippen MR) is 285 cm³/mol. The van der Waals surface area contributed by atoms with Crippen LogP contribution in [0.5, 0.6) is 11.5 Å². The van der Waals surface area contributed by atoms with E-state index in [4.69, 9.17) is 43.6 Å². The van der Waals surface area contributed by atoms with Gasteiger partial charge in [-0.05, 0) is 91.4 Å². The van der Waals surface area contributed by atoms with Crippen LogP contribution in [-0.2, 0) is 9.59 Å². The van der Waals surface area contributed by atoms with Gasteiger partial charge in [0.1, 0.15) is 34.5 Å². The Balaban J connectivity index is 0.878. The number of carbonyl (C=O) groups excluding carboxylic acids is 2. The van der Waals surface area contributed by atoms with E-state index >= 15 is 8.78 Å². The van der Waals surface area contributed by atoms with Gasteiger partial charge in [0.25, 0.3) is 0 Å². The molecular weight excluding hydrogens is 986 g/mol. The molecule has 6 heterocycles. The molecule has 0 atom stereocenters. The summed E-state index contributed by atoms with van der Waals surface area (Å²) >= 11 is 13.8. The average molecular weight is 1030 g/mol. The number of pyridine rings is 1. The van der Waals surface area contributed by atoms with Gasteiger partial charge < -0.3 is 34.8 Å². The number of aromatic nitrogens is 6. The second-order valence-corrected chi connectivity index (χ2v) is 18.9. The zero-order valence-corrected chi connectivity index (χ0v) is 41.2. The van der Waals surface area contributed by atoms with Crippen molar-refractivity contribution in [3.8, 4) is 56.3 Å². The molecule has 2 saturated heterocycles. The topological polar surface area (TPSA) is 168 Å². The van der Waals surface area contributed by atoms with Gasteiger partial charge in [-0.3, -0.25) is 14.6 Å². The number of phenols is 2. The molecule has 0 saturated carbocycles. The van der Waals surface area contributed by atoms with Crippen molar-refractivity contribution in [3.63, 3.8) is 0 Å². The Hall–Kier alpha value is -8.47. The monoisotopic (exact) mass is 1030 g/mol. The van der Waals surface area contributed by atoms with Gasteiger partial charge in [0.05, 0.1) is 11.1 Å². The second-order valence-electron chi connectivity index (χ2n) is 18.1. The standard InChI is InChI=1S/C56H44Cl2F2N10O4/c1-3-49(73)67-17-21-69(22-18-67)56-39-29-43(58)41(52-45(60)9-6-12-48(52)72)27-37(39)54(64-66-56)35-25-32(30-62-31(35)2)13-14-50(74)68-19-23-70(24-20-68)55-38-28-42(57)40(51-44(59)8-5-11-47(51)71)26-36(38)53(63-65-55)34-7-4-10-46-33(34)15-16-61-46/h3-16,25-30,61,71-72H,1,17-24H2,2H3. The van der Waals surface area contributed by atoms with Gasteiger partial charge in [-0.2, -0.15) is 0 Å². The first-order chi connectivity index (χ1) is 35.9. The molecule has 0 unspecified atom stereocenters. The summed E-state index contributed by atoms with van der Waals surface area (Å²) in [5.74, 6) is -1.12. The van der Waals surface area contributed by atoms with Crippen molar-refractivity contribution in [2.45, 2.75) is 6.92 Å². The first-order valence-electron chi connectivity index (χ1n) is 23.7. The first-order valence-corrected chi connectivity index (χ1v) is 24.5. The highest BCUT2D eigenvalue weighted by Crippen LogP contribution is 2.45. The summed E-state index contributed by atoms with van der Waals surface area (Å²) < 4.78 is 30.8. The van der Waals surface area contributed by atoms with Crippen LogP contribution in [0.15, 0.2) is 122 Å². The summed E-state index contributed by atoms with van der Waals surface area (Å²) in [7, 11) is 0. The van der Waals surface area contributed by atoms with Crippen LogP contribution in [0.4, 0.5) is 20.4 Å². The zero-order chi connectivity index (χ0) is 51.4. The van der Waals surface area contributed by atoms with E-state index in [1.54, 1.807) is 46.3 Å². The molecule has 0 bridgehead atoms. The minimum atomic E-state index is -0.656. The Kier molecular flexibility index (Phi) is 12.6. The molecular formula is C56H44Cl2F2N10O4. The smallest absolute Gasteiger partial charge is 0.246 e. The molecule has 2 amide bonds. The van der Waals surface area contributed by atoms with Crippen molar-refractivity contribution in [3.05, 3.63) is 155 Å². The van der Waals surface area contributed by atoms with Gasteiger partial charge >= 0.3 is 0 Å². The van der Waals surface area contributed by atoms with E-state index in [2.05, 4.69) is 16.5 Å². The van der Waals surface area contributed by atoms with Gasteiger partial charge in [-0.25, -0.2) is 8.78 Å². The van der Waals surface area contributed by atoms with Gasteiger partial charge in [0, 0.05) is 141 Å². The van der Waals surface area contributed by atoms with Crippen molar-refractivity contribution < 1.29 is 28.6 Å². The predicted octanol–water partition coefficient (Wildman–Crippen LogP) is 10.6. The van der Waals surface area contributed by atoms with E-state index in [1.807, 2.05) is 53.3 Å². The SMILES string of the molecule is C=CC(=O)N1CCN(c2nnc(-c3cc(C=CC(=O)N4CCN(c5nnc(-c6cccc7[nH]ccc67)c6cc(-c7c(O)cccc7F)c(Cl)cc56)CC4)cnc3C)c3cc(-c4c(O)cccc4F)c(Cl)cc23)CC1. The maximum absolute atomic E-state index is 15.4. The molecule has 11 rings (SSSR count). The summed E-state index contributed by atoms with van der Waals surface area (Å²) in [6.45, 7) is 8.80. The van der Waals surface area contributed by atoms with Crippen LogP contribution in [0, 0.1) is 18.6 Å². The lowest BCUT2D eigenvalue weighted by atomic mass is 9.96. The number of aromatic amines is 1. The second kappa shape index (κ2) is 19.5. The molecule has 2 aliphatic rings. The van der Waals surface area contributed by atoms with Crippen LogP contribution in [0.2, 0.25) is 10.0 Å². The van der Waals surface area contributed by atoms with Crippen molar-refractivity contribution >= 4 is 85.2 Å². The van der Waals surface area contributed by atoms with Crippen molar-refractivity contribution in [1.82, 2.24) is 40.2 Å². The number of aromatic hydroxyl groups is 2. The lowest BCUT2D eigenvalue weighted by molar-refractivity contribution is -0.127. The van der Waals surface area contributed by atoms with E-state index in [1.165, 1.54) is 48.6 Å². The van der Waals surface area contributed by atoms with Gasteiger partial charge in [0.2, 0.25) is 11.8 Å². The van der Waals surface area contributed by atoms with Crippen LogP contribution < -0.4 is 9.80 Å². The fourth-order valence-electron chi connectivity index (χ4n) is 9.98. The summed E-state index contributed by atoms with van der Waals surface area (Å²) in [6, 6.07) is 24.7. The van der Waals surface area contributed by atoms with E-state index in [-0.39, 0.29) is 50.0 Å². The Morgan fingerprint density at radius 2 is 1.15 bits per heavy atom. The summed E-state index contributed by atoms with van der Waals surface area (Å²) in [6.07, 6.45) is 7.98. The third-order valence-electron chi connectivity index (χ3n) is 13.8. The number of H-pyrrole nitrogens is 1. The highest BCUT2D eigenvalue weighted by atomic mass is 35.5. The molecule has 0 aliphatic carbocycles. The fraction of sp³-hybridized carbons (Fsp3) is 0.161. The lowest BCUT2D eigenvalue weighted by Gasteiger charge is -2.35. The number of fused-ring (bicyclic) bond motifs is 3. The average Bonchev–Trinajstić information content (AvgIpc) is 3.90. The Morgan fingerprint density at radius 1 is 0.622 bits per heavy atom. The van der Waals surface area contributed by atoms with Crippen LogP contribution in [0.1, 0.15) is 11.3 Å². The Morgan fingerprint density at radius 3 is 1.69 bits per heavy atom. The molecule has 2 fully saturated rings. The number of aryl methyl sites for hydroxylation is 1. The van der Waals surface area contributed by atoms with E-state index < -0.39 is 11.6 Å². The summed E-state index contributed by atoms with van der Waals surface area (Å²) in [5.41, 5.74) is 4.99. The van der Waals surface area contributed by atoms with E-state index in [0.717, 1.165) is 16.5 Å². The number of phenolic OH excluding ortho intramolecular Hbond substituents is 2. The number of anilines is 2. The molecule has 0 radical (unpaired) electrons. The van der Waals surface area contributed by atoms with E-state index in [0.29, 0.717) is 119 Å². The molecule has 74 heavy (non-hydrogen) atoms. The van der Waals surface area contributed by atoms with Crippen LogP contribution in [-0.4, -0.2) is 115 Å². The third-order valence-corrected chi connectivity index (χ3v) is 14.4. The van der Waals surface area contributed by atoms with Crippen LogP contribution in [0.3, 0.4) is 0 Å². The minimum Gasteiger partial charge on any atom is -0.507 e. The first kappa shape index (κ1) is 47.8. The van der Waals surface area contributed by atoms with E-state index in [9.17, 15) is 19.8 Å². The third kappa shape index (κ3) is 8.64. The summed E-state index contributed by atoms with van der Waals surface area (Å²) in [4.78, 5) is 41.7. The van der Waals surface area contributed by atoms with Gasteiger partial charge in [0.15, 0.2) is 11.6 Å². The van der Waals surface area contributed by atoms with Gasteiger partial charge in [-0.15, -0.1) is 20.4 Å². The number of nitrogens with zero attached hydrogens (tertiary/aromatic N) is 9. The Labute approximate surface area is 432 Å². The maximum Gasteiger partial charge on any atom is 0.246 e. The fourth-order valence-corrected chi connectivity index (χ4v) is 10.5. The van der Waals surface area contributed by atoms with Crippen LogP contribution >= 0.6 is 23.2 Å². The molecule has 14 nitrogen and oxygen atoms in total. The zero-order valence-electron chi connectivity index (χ0n) is 39.7. The molecule has 2 aliphatic heterocycles. The molecule has 4 aromatic heterocycles. The van der Waals surface area contributed by atoms with Crippen molar-refractivity contribution in [1.29, 1.82) is 0 Å². The minimum absolute atomic E-state index is 0.0222. The molecule has 3 N–H and O–H groups in total. The van der Waals surface area contributed by atoms with Gasteiger partial charge in [-0.1, -0.05) is 54.0 Å².